The van der Waals surface area contributed by atoms with E-state index >= 15 is 0 Å². The van der Waals surface area contributed by atoms with Gasteiger partial charge in [-0.1, -0.05) is 6.07 Å². The third-order valence-corrected chi connectivity index (χ3v) is 2.94. The first-order valence-electron chi connectivity index (χ1n) is 6.26. The molecule has 2 aromatic rings. The van der Waals surface area contributed by atoms with Crippen LogP contribution < -0.4 is 5.32 Å². The van der Waals surface area contributed by atoms with E-state index in [1.54, 1.807) is 13.8 Å². The van der Waals surface area contributed by atoms with Crippen LogP contribution in [0.15, 0.2) is 24.5 Å². The predicted octanol–water partition coefficient (Wildman–Crippen LogP) is 1.07. The summed E-state index contributed by atoms with van der Waals surface area (Å²) >= 11 is 0. The van der Waals surface area contributed by atoms with Crippen LogP contribution in [0.1, 0.15) is 25.1 Å². The minimum atomic E-state index is -0.605. The van der Waals surface area contributed by atoms with Crippen LogP contribution in [0.3, 0.4) is 0 Å². The van der Waals surface area contributed by atoms with Crippen molar-refractivity contribution in [1.29, 1.82) is 0 Å². The molecule has 0 saturated heterocycles. The summed E-state index contributed by atoms with van der Waals surface area (Å²) in [6.07, 6.45) is 3.98. The highest BCUT2D eigenvalue weighted by molar-refractivity contribution is 5.79. The number of aryl methyl sites for hydroxylation is 1. The van der Waals surface area contributed by atoms with Gasteiger partial charge in [0.15, 0.2) is 0 Å². The fraction of sp³-hybridized carbons (Fsp3) is 0.429. The third-order valence-electron chi connectivity index (χ3n) is 2.94. The number of rotatable bonds is 4. The van der Waals surface area contributed by atoms with Gasteiger partial charge >= 0.3 is 0 Å². The number of hydrogen-bond acceptors (Lipinski definition) is 3. The maximum Gasteiger partial charge on any atom is 0.226 e. The largest absolute Gasteiger partial charge is 0.394 e. The Kier molecular flexibility index (Phi) is 3.57. The van der Waals surface area contributed by atoms with Crippen LogP contribution >= 0.6 is 0 Å². The number of fused-ring (bicyclic) bond motifs is 1. The lowest BCUT2D eigenvalue weighted by Crippen LogP contribution is -2.46. The average Bonchev–Trinajstić information content (AvgIpc) is 2.72. The highest BCUT2D eigenvalue weighted by Gasteiger charge is 2.19. The van der Waals surface area contributed by atoms with E-state index in [2.05, 4.69) is 10.3 Å². The number of amides is 1. The predicted molar refractivity (Wildman–Crippen MR) is 72.9 cm³/mol. The summed E-state index contributed by atoms with van der Waals surface area (Å²) < 4.78 is 1.91. The molecule has 0 bridgehead atoms. The summed E-state index contributed by atoms with van der Waals surface area (Å²) in [5.41, 5.74) is 2.06. The lowest BCUT2D eigenvalue weighted by Gasteiger charge is -2.23. The molecule has 2 aromatic heterocycles. The Morgan fingerprint density at radius 1 is 1.53 bits per heavy atom. The van der Waals surface area contributed by atoms with Crippen LogP contribution in [0, 0.1) is 6.92 Å². The standard InChI is InChI=1S/C14H19N3O2/c1-10-5-4-6-17-8-11(15-13(10)17)7-12(19)16-14(2,3)9-18/h4-6,8,18H,7,9H2,1-3H3,(H,16,19). The van der Waals surface area contributed by atoms with Crippen molar-refractivity contribution in [2.45, 2.75) is 32.7 Å². The van der Waals surface area contributed by atoms with Crippen molar-refractivity contribution in [3.8, 4) is 0 Å². The molecule has 0 unspecified atom stereocenters. The Morgan fingerprint density at radius 2 is 2.26 bits per heavy atom. The number of carbonyl (C=O) groups excluding carboxylic acids is 1. The van der Waals surface area contributed by atoms with Crippen molar-refractivity contribution in [3.05, 3.63) is 35.8 Å². The van der Waals surface area contributed by atoms with Crippen molar-refractivity contribution in [2.24, 2.45) is 0 Å². The second-order valence-electron chi connectivity index (χ2n) is 5.42. The van der Waals surface area contributed by atoms with Gasteiger partial charge in [0, 0.05) is 12.4 Å². The zero-order valence-corrected chi connectivity index (χ0v) is 11.5. The molecule has 0 aliphatic carbocycles. The van der Waals surface area contributed by atoms with Crippen LogP contribution in [0.2, 0.25) is 0 Å². The molecule has 2 heterocycles. The summed E-state index contributed by atoms with van der Waals surface area (Å²) in [6, 6.07) is 3.93. The van der Waals surface area contributed by atoms with Crippen molar-refractivity contribution < 1.29 is 9.90 Å². The second kappa shape index (κ2) is 5.01. The molecule has 2 N–H and O–H groups in total. The summed E-state index contributed by atoms with van der Waals surface area (Å²) in [6.45, 7) is 5.45. The molecular weight excluding hydrogens is 242 g/mol. The molecule has 5 nitrogen and oxygen atoms in total. The van der Waals surface area contributed by atoms with Gasteiger partial charge in [0.05, 0.1) is 24.3 Å². The van der Waals surface area contributed by atoms with E-state index in [0.29, 0.717) is 0 Å². The maximum absolute atomic E-state index is 11.9. The quantitative estimate of drug-likeness (QED) is 0.865. The molecule has 0 fully saturated rings. The van der Waals surface area contributed by atoms with E-state index in [1.807, 2.05) is 35.9 Å². The molecule has 0 spiro atoms. The Balaban J connectivity index is 2.14. The first-order valence-corrected chi connectivity index (χ1v) is 6.26. The molecule has 102 valence electrons. The normalized spacial score (nSPS) is 11.8. The number of nitrogens with zero attached hydrogens (tertiary/aromatic N) is 2. The molecule has 19 heavy (non-hydrogen) atoms. The van der Waals surface area contributed by atoms with Gasteiger partial charge in [0.2, 0.25) is 5.91 Å². The van der Waals surface area contributed by atoms with Crippen molar-refractivity contribution in [2.75, 3.05) is 6.61 Å². The van der Waals surface area contributed by atoms with E-state index in [4.69, 9.17) is 5.11 Å². The van der Waals surface area contributed by atoms with Crippen molar-refractivity contribution in [1.82, 2.24) is 14.7 Å². The monoisotopic (exact) mass is 261 g/mol. The van der Waals surface area contributed by atoms with Crippen molar-refractivity contribution in [3.63, 3.8) is 0 Å². The summed E-state index contributed by atoms with van der Waals surface area (Å²) in [5, 5.41) is 11.9. The molecule has 0 aromatic carbocycles. The second-order valence-corrected chi connectivity index (χ2v) is 5.42. The van der Waals surface area contributed by atoms with Gasteiger partial charge < -0.3 is 14.8 Å². The Morgan fingerprint density at radius 3 is 2.89 bits per heavy atom. The molecule has 1 amide bonds. The lowest BCUT2D eigenvalue weighted by molar-refractivity contribution is -0.122. The highest BCUT2D eigenvalue weighted by Crippen LogP contribution is 2.10. The van der Waals surface area contributed by atoms with Gasteiger partial charge in [-0.15, -0.1) is 0 Å². The Labute approximate surface area is 112 Å². The van der Waals surface area contributed by atoms with Crippen LogP contribution in [0.5, 0.6) is 0 Å². The topological polar surface area (TPSA) is 66.6 Å². The van der Waals surface area contributed by atoms with E-state index < -0.39 is 5.54 Å². The van der Waals surface area contributed by atoms with E-state index in [0.717, 1.165) is 16.9 Å². The SMILES string of the molecule is Cc1cccn2cc(CC(=O)NC(C)(C)CO)nc12. The van der Waals surface area contributed by atoms with Crippen LogP contribution in [-0.4, -0.2) is 32.5 Å². The van der Waals surface area contributed by atoms with E-state index in [9.17, 15) is 4.79 Å². The number of carbonyl (C=O) groups is 1. The number of nitrogens with one attached hydrogen (secondary N) is 1. The summed E-state index contributed by atoms with van der Waals surface area (Å²) in [5.74, 6) is -0.139. The molecule has 0 atom stereocenters. The molecular formula is C14H19N3O2. The number of imidazole rings is 1. The zero-order valence-electron chi connectivity index (χ0n) is 11.5. The van der Waals surface area contributed by atoms with Gasteiger partial charge in [-0.2, -0.15) is 0 Å². The first-order chi connectivity index (χ1) is 8.91. The Bertz CT molecular complexity index is 602. The number of aromatic nitrogens is 2. The minimum absolute atomic E-state index is 0.0942. The lowest BCUT2D eigenvalue weighted by atomic mass is 10.1. The fourth-order valence-electron chi connectivity index (χ4n) is 1.92. The molecule has 0 aliphatic rings. The molecule has 5 heteroatoms. The van der Waals surface area contributed by atoms with Crippen LogP contribution in [0.25, 0.3) is 5.65 Å². The third kappa shape index (κ3) is 3.12. The van der Waals surface area contributed by atoms with Gasteiger partial charge in [-0.25, -0.2) is 4.98 Å². The maximum atomic E-state index is 11.9. The number of aliphatic hydroxyl groups is 1. The molecule has 0 saturated carbocycles. The zero-order chi connectivity index (χ0) is 14.0. The van der Waals surface area contributed by atoms with Crippen LogP contribution in [-0.2, 0) is 11.2 Å². The summed E-state index contributed by atoms with van der Waals surface area (Å²) in [7, 11) is 0. The number of aliphatic hydroxyl groups excluding tert-OH is 1. The highest BCUT2D eigenvalue weighted by atomic mass is 16.3. The first kappa shape index (κ1) is 13.5. The van der Waals surface area contributed by atoms with Gasteiger partial charge in [-0.05, 0) is 32.4 Å². The smallest absolute Gasteiger partial charge is 0.226 e. The molecule has 2 rings (SSSR count). The minimum Gasteiger partial charge on any atom is -0.394 e. The van der Waals surface area contributed by atoms with E-state index in [1.165, 1.54) is 0 Å². The Hall–Kier alpha value is -1.88. The van der Waals surface area contributed by atoms with Gasteiger partial charge in [-0.3, -0.25) is 4.79 Å². The fourth-order valence-corrected chi connectivity index (χ4v) is 1.92. The van der Waals surface area contributed by atoms with E-state index in [-0.39, 0.29) is 18.9 Å². The average molecular weight is 261 g/mol. The van der Waals surface area contributed by atoms with Crippen LogP contribution in [0.4, 0.5) is 0 Å². The number of pyridine rings is 1. The van der Waals surface area contributed by atoms with Gasteiger partial charge in [0.1, 0.15) is 5.65 Å². The summed E-state index contributed by atoms with van der Waals surface area (Å²) in [4.78, 5) is 16.3. The number of hydrogen-bond donors (Lipinski definition) is 2. The van der Waals surface area contributed by atoms with Crippen molar-refractivity contribution >= 4 is 11.6 Å². The molecule has 0 radical (unpaired) electrons. The molecule has 0 aliphatic heterocycles. The van der Waals surface area contributed by atoms with Gasteiger partial charge in [0.25, 0.3) is 0 Å².